The molecule has 0 fully saturated rings. The highest BCUT2D eigenvalue weighted by Crippen LogP contribution is 2.38. The van der Waals surface area contributed by atoms with Crippen LogP contribution in [0.4, 0.5) is 19.0 Å². The van der Waals surface area contributed by atoms with Gasteiger partial charge in [0.05, 0.1) is 15.1 Å². The summed E-state index contributed by atoms with van der Waals surface area (Å²) in [6.07, 6.45) is -4.56. The second-order valence-electron chi connectivity index (χ2n) is 3.87. The molecular formula is C12H6Cl3F3N2. The Kier molecular flexibility index (Phi) is 4.04. The van der Waals surface area contributed by atoms with Gasteiger partial charge in [0, 0.05) is 11.1 Å². The molecule has 0 bridgehead atoms. The Labute approximate surface area is 127 Å². The van der Waals surface area contributed by atoms with Gasteiger partial charge in [0.2, 0.25) is 0 Å². The molecule has 106 valence electrons. The van der Waals surface area contributed by atoms with Crippen molar-refractivity contribution in [3.05, 3.63) is 45.0 Å². The maximum Gasteiger partial charge on any atom is 0.433 e. The van der Waals surface area contributed by atoms with Crippen LogP contribution in [0.2, 0.25) is 15.1 Å². The monoisotopic (exact) mass is 340 g/mol. The molecule has 0 atom stereocenters. The molecule has 2 aromatic rings. The fourth-order valence-electron chi connectivity index (χ4n) is 1.59. The van der Waals surface area contributed by atoms with Crippen molar-refractivity contribution in [2.75, 3.05) is 5.73 Å². The summed E-state index contributed by atoms with van der Waals surface area (Å²) >= 11 is 17.6. The Morgan fingerprint density at radius 3 is 2.05 bits per heavy atom. The van der Waals surface area contributed by atoms with E-state index in [0.717, 1.165) is 6.07 Å². The summed E-state index contributed by atoms with van der Waals surface area (Å²) in [6.45, 7) is 0. The van der Waals surface area contributed by atoms with Gasteiger partial charge in [-0.05, 0) is 24.3 Å². The minimum Gasteiger partial charge on any atom is -0.383 e. The van der Waals surface area contributed by atoms with Crippen LogP contribution in [0.1, 0.15) is 5.69 Å². The van der Waals surface area contributed by atoms with Gasteiger partial charge in [-0.1, -0.05) is 34.8 Å². The number of nitrogen functional groups attached to an aromatic ring is 1. The molecule has 1 aromatic carbocycles. The van der Waals surface area contributed by atoms with Gasteiger partial charge in [0.1, 0.15) is 11.5 Å². The fourth-order valence-corrected chi connectivity index (χ4v) is 2.24. The first-order chi connectivity index (χ1) is 9.20. The van der Waals surface area contributed by atoms with Crippen molar-refractivity contribution >= 4 is 40.6 Å². The highest BCUT2D eigenvalue weighted by atomic mass is 35.5. The summed E-state index contributed by atoms with van der Waals surface area (Å²) in [7, 11) is 0. The Morgan fingerprint density at radius 2 is 1.50 bits per heavy atom. The number of aromatic nitrogens is 1. The topological polar surface area (TPSA) is 38.9 Å². The third-order valence-corrected chi connectivity index (χ3v) is 3.55. The van der Waals surface area contributed by atoms with Crippen LogP contribution in [0.3, 0.4) is 0 Å². The second kappa shape index (κ2) is 5.31. The van der Waals surface area contributed by atoms with E-state index in [4.69, 9.17) is 40.5 Å². The molecule has 20 heavy (non-hydrogen) atoms. The maximum absolute atomic E-state index is 12.5. The molecule has 2 nitrogen and oxygen atoms in total. The number of nitrogens with two attached hydrogens (primary N) is 1. The zero-order valence-electron chi connectivity index (χ0n) is 9.60. The summed E-state index contributed by atoms with van der Waals surface area (Å²) < 4.78 is 37.5. The van der Waals surface area contributed by atoms with Crippen LogP contribution in [0, 0.1) is 0 Å². The molecule has 0 aliphatic rings. The summed E-state index contributed by atoms with van der Waals surface area (Å²) in [4.78, 5) is 3.33. The quantitative estimate of drug-likeness (QED) is 0.714. The van der Waals surface area contributed by atoms with E-state index in [1.54, 1.807) is 0 Å². The SMILES string of the molecule is Nc1nc(C(F)(F)F)ccc1-c1cc(Cl)c(Cl)cc1Cl. The van der Waals surface area contributed by atoms with Crippen molar-refractivity contribution in [3.63, 3.8) is 0 Å². The highest BCUT2D eigenvalue weighted by molar-refractivity contribution is 6.44. The van der Waals surface area contributed by atoms with E-state index in [1.165, 1.54) is 18.2 Å². The van der Waals surface area contributed by atoms with Crippen molar-refractivity contribution in [2.45, 2.75) is 6.18 Å². The lowest BCUT2D eigenvalue weighted by Crippen LogP contribution is -2.09. The van der Waals surface area contributed by atoms with E-state index >= 15 is 0 Å². The van der Waals surface area contributed by atoms with E-state index in [2.05, 4.69) is 4.98 Å². The first-order valence-corrected chi connectivity index (χ1v) is 6.32. The molecule has 0 saturated heterocycles. The number of rotatable bonds is 1. The van der Waals surface area contributed by atoms with Crippen LogP contribution < -0.4 is 5.73 Å². The van der Waals surface area contributed by atoms with Crippen LogP contribution >= 0.6 is 34.8 Å². The Bertz CT molecular complexity index is 672. The van der Waals surface area contributed by atoms with E-state index in [1.807, 2.05) is 0 Å². The van der Waals surface area contributed by atoms with Gasteiger partial charge in [0.25, 0.3) is 0 Å². The molecule has 0 saturated carbocycles. The third-order valence-electron chi connectivity index (χ3n) is 2.52. The van der Waals surface area contributed by atoms with Crippen molar-refractivity contribution in [2.24, 2.45) is 0 Å². The standard InChI is InChI=1S/C12H6Cl3F3N2/c13-7-4-9(15)8(14)3-6(7)5-1-2-10(12(16,17)18)20-11(5)19/h1-4H,(H2,19,20). The number of nitrogens with zero attached hydrogens (tertiary/aromatic N) is 1. The van der Waals surface area contributed by atoms with Crippen LogP contribution in [0.5, 0.6) is 0 Å². The number of benzene rings is 1. The lowest BCUT2D eigenvalue weighted by atomic mass is 10.1. The molecule has 0 spiro atoms. The number of hydrogen-bond acceptors (Lipinski definition) is 2. The van der Waals surface area contributed by atoms with E-state index < -0.39 is 11.9 Å². The van der Waals surface area contributed by atoms with Gasteiger partial charge in [-0.3, -0.25) is 0 Å². The molecule has 8 heteroatoms. The van der Waals surface area contributed by atoms with Crippen LogP contribution in [0.15, 0.2) is 24.3 Å². The summed E-state index contributed by atoms with van der Waals surface area (Å²) in [6, 6.07) is 4.83. The molecule has 0 unspecified atom stereocenters. The van der Waals surface area contributed by atoms with Crippen molar-refractivity contribution in [1.82, 2.24) is 4.98 Å². The normalized spacial score (nSPS) is 11.7. The molecule has 0 radical (unpaired) electrons. The number of anilines is 1. The van der Waals surface area contributed by atoms with Crippen molar-refractivity contribution < 1.29 is 13.2 Å². The Morgan fingerprint density at radius 1 is 0.900 bits per heavy atom. The minimum atomic E-state index is -4.56. The van der Waals surface area contributed by atoms with E-state index in [-0.39, 0.29) is 26.4 Å². The first-order valence-electron chi connectivity index (χ1n) is 5.19. The van der Waals surface area contributed by atoms with Crippen LogP contribution in [0.25, 0.3) is 11.1 Å². The van der Waals surface area contributed by atoms with Crippen molar-refractivity contribution in [3.8, 4) is 11.1 Å². The first kappa shape index (κ1) is 15.2. The lowest BCUT2D eigenvalue weighted by molar-refractivity contribution is -0.141. The maximum atomic E-state index is 12.5. The van der Waals surface area contributed by atoms with Gasteiger partial charge in [0.15, 0.2) is 0 Å². The third kappa shape index (κ3) is 2.95. The summed E-state index contributed by atoms with van der Waals surface area (Å²) in [5.74, 6) is -0.292. The molecular weight excluding hydrogens is 335 g/mol. The average Bonchev–Trinajstić information content (AvgIpc) is 2.33. The van der Waals surface area contributed by atoms with Crippen molar-refractivity contribution in [1.29, 1.82) is 0 Å². The molecule has 0 aliphatic heterocycles. The predicted octanol–water partition coefficient (Wildman–Crippen LogP) is 5.31. The van der Waals surface area contributed by atoms with E-state index in [9.17, 15) is 13.2 Å². The number of pyridine rings is 1. The highest BCUT2D eigenvalue weighted by Gasteiger charge is 2.33. The summed E-state index contributed by atoms with van der Waals surface area (Å²) in [5.41, 5.74) is 5.10. The van der Waals surface area contributed by atoms with Gasteiger partial charge >= 0.3 is 6.18 Å². The number of hydrogen-bond donors (Lipinski definition) is 1. The zero-order chi connectivity index (χ0) is 15.1. The van der Waals surface area contributed by atoms with Crippen LogP contribution in [-0.2, 0) is 6.18 Å². The molecule has 1 heterocycles. The second-order valence-corrected chi connectivity index (χ2v) is 5.09. The minimum absolute atomic E-state index is 0.213. The van der Waals surface area contributed by atoms with Gasteiger partial charge in [-0.2, -0.15) is 13.2 Å². The fraction of sp³-hybridized carbons (Fsp3) is 0.0833. The van der Waals surface area contributed by atoms with Crippen LogP contribution in [-0.4, -0.2) is 4.98 Å². The van der Waals surface area contributed by atoms with Gasteiger partial charge in [-0.25, -0.2) is 4.98 Å². The zero-order valence-corrected chi connectivity index (χ0v) is 11.9. The molecule has 2 rings (SSSR count). The molecule has 0 amide bonds. The molecule has 2 N–H and O–H groups in total. The summed E-state index contributed by atoms with van der Waals surface area (Å²) in [5, 5.41) is 0.664. The van der Waals surface area contributed by atoms with Gasteiger partial charge < -0.3 is 5.73 Å². The van der Waals surface area contributed by atoms with E-state index in [0.29, 0.717) is 5.56 Å². The lowest BCUT2D eigenvalue weighted by Gasteiger charge is -2.11. The number of halogens is 6. The Balaban J connectivity index is 2.57. The average molecular weight is 342 g/mol. The predicted molar refractivity (Wildman–Crippen MR) is 74.1 cm³/mol. The molecule has 0 aliphatic carbocycles. The van der Waals surface area contributed by atoms with Gasteiger partial charge in [-0.15, -0.1) is 0 Å². The Hall–Kier alpha value is -1.17. The number of alkyl halides is 3. The largest absolute Gasteiger partial charge is 0.433 e. The smallest absolute Gasteiger partial charge is 0.383 e. The molecule has 1 aromatic heterocycles.